The molecule has 0 aromatic rings. The molecule has 1 aliphatic rings. The van der Waals surface area contributed by atoms with Gasteiger partial charge in [-0.05, 0) is 38.5 Å². The summed E-state index contributed by atoms with van der Waals surface area (Å²) < 4.78 is 10.8. The van der Waals surface area contributed by atoms with Crippen LogP contribution in [0.5, 0.6) is 0 Å². The van der Waals surface area contributed by atoms with Gasteiger partial charge >= 0.3 is 0 Å². The molecule has 0 bridgehead atoms. The van der Waals surface area contributed by atoms with Crippen molar-refractivity contribution in [2.45, 2.75) is 51.7 Å². The first-order valence-corrected chi connectivity index (χ1v) is 6.15. The molecule has 1 heterocycles. The Labute approximate surface area is 92.8 Å². The van der Waals surface area contributed by atoms with E-state index in [1.165, 1.54) is 0 Å². The molecule has 1 rings (SSSR count). The minimum absolute atomic E-state index is 0.0119. The third kappa shape index (κ3) is 4.49. The average Bonchev–Trinajstić information content (AvgIpc) is 2.27. The van der Waals surface area contributed by atoms with Crippen molar-refractivity contribution in [3.05, 3.63) is 0 Å². The normalized spacial score (nSPS) is 22.6. The van der Waals surface area contributed by atoms with Crippen molar-refractivity contribution < 1.29 is 14.6 Å². The fourth-order valence-corrected chi connectivity index (χ4v) is 2.19. The Kier molecular flexibility index (Phi) is 6.22. The largest absolute Gasteiger partial charge is 0.390 e. The van der Waals surface area contributed by atoms with Crippen LogP contribution in [0.25, 0.3) is 0 Å². The molecule has 15 heavy (non-hydrogen) atoms. The van der Waals surface area contributed by atoms with Gasteiger partial charge in [0.2, 0.25) is 0 Å². The molecule has 0 aromatic carbocycles. The van der Waals surface area contributed by atoms with Crippen molar-refractivity contribution in [2.75, 3.05) is 19.8 Å². The van der Waals surface area contributed by atoms with Crippen LogP contribution in [0.2, 0.25) is 0 Å². The van der Waals surface area contributed by atoms with Gasteiger partial charge in [-0.1, -0.05) is 6.92 Å². The van der Waals surface area contributed by atoms with E-state index in [-0.39, 0.29) is 12.2 Å². The lowest BCUT2D eigenvalue weighted by atomic mass is 9.91. The zero-order chi connectivity index (χ0) is 11.1. The molecule has 0 aliphatic carbocycles. The molecule has 0 saturated carbocycles. The van der Waals surface area contributed by atoms with Crippen LogP contribution in [0.4, 0.5) is 0 Å². The topological polar surface area (TPSA) is 38.7 Å². The molecule has 90 valence electrons. The number of aliphatic hydroxyl groups excluding tert-OH is 1. The van der Waals surface area contributed by atoms with Crippen molar-refractivity contribution >= 4 is 0 Å². The fraction of sp³-hybridized carbons (Fsp3) is 1.00. The molecule has 1 fully saturated rings. The van der Waals surface area contributed by atoms with Crippen LogP contribution >= 0.6 is 0 Å². The molecule has 3 heteroatoms. The lowest BCUT2D eigenvalue weighted by Gasteiger charge is -2.28. The highest BCUT2D eigenvalue weighted by Gasteiger charge is 2.23. The summed E-state index contributed by atoms with van der Waals surface area (Å²) in [6.07, 6.45) is 3.62. The van der Waals surface area contributed by atoms with Crippen LogP contribution in [0, 0.1) is 5.92 Å². The Morgan fingerprint density at radius 3 is 2.53 bits per heavy atom. The molecule has 0 amide bonds. The van der Waals surface area contributed by atoms with E-state index in [0.29, 0.717) is 12.5 Å². The summed E-state index contributed by atoms with van der Waals surface area (Å²) >= 11 is 0. The number of hydrogen-bond acceptors (Lipinski definition) is 3. The summed E-state index contributed by atoms with van der Waals surface area (Å²) in [5.41, 5.74) is 0. The fourth-order valence-electron chi connectivity index (χ4n) is 2.19. The Morgan fingerprint density at radius 2 is 2.00 bits per heavy atom. The van der Waals surface area contributed by atoms with Gasteiger partial charge in [-0.2, -0.15) is 0 Å². The van der Waals surface area contributed by atoms with E-state index in [9.17, 15) is 5.11 Å². The highest BCUT2D eigenvalue weighted by atomic mass is 16.5. The van der Waals surface area contributed by atoms with Gasteiger partial charge in [0.15, 0.2) is 0 Å². The van der Waals surface area contributed by atoms with Crippen molar-refractivity contribution in [3.8, 4) is 0 Å². The van der Waals surface area contributed by atoms with Crippen LogP contribution < -0.4 is 0 Å². The van der Waals surface area contributed by atoms with Gasteiger partial charge < -0.3 is 14.6 Å². The van der Waals surface area contributed by atoms with Crippen LogP contribution in [0.3, 0.4) is 0 Å². The van der Waals surface area contributed by atoms with Crippen LogP contribution in [-0.4, -0.2) is 37.1 Å². The third-order valence-electron chi connectivity index (χ3n) is 3.13. The lowest BCUT2D eigenvalue weighted by molar-refractivity contribution is -0.0510. The highest BCUT2D eigenvalue weighted by Crippen LogP contribution is 2.22. The summed E-state index contributed by atoms with van der Waals surface area (Å²) in [5, 5.41) is 10.0. The highest BCUT2D eigenvalue weighted by molar-refractivity contribution is 4.74. The van der Waals surface area contributed by atoms with Crippen LogP contribution in [0.15, 0.2) is 0 Å². The molecule has 2 atom stereocenters. The van der Waals surface area contributed by atoms with E-state index < -0.39 is 0 Å². The third-order valence-corrected chi connectivity index (χ3v) is 3.13. The molecule has 0 radical (unpaired) electrons. The second kappa shape index (κ2) is 7.20. The first-order chi connectivity index (χ1) is 7.27. The first-order valence-electron chi connectivity index (χ1n) is 6.15. The molecule has 0 aromatic heterocycles. The SMILES string of the molecule is CCOC(CC)C(O)CC1CCOCC1. The van der Waals surface area contributed by atoms with Gasteiger partial charge in [0.25, 0.3) is 0 Å². The second-order valence-electron chi connectivity index (χ2n) is 4.26. The van der Waals surface area contributed by atoms with E-state index in [2.05, 4.69) is 6.92 Å². The minimum Gasteiger partial charge on any atom is -0.390 e. The first kappa shape index (κ1) is 12.9. The zero-order valence-electron chi connectivity index (χ0n) is 9.95. The summed E-state index contributed by atoms with van der Waals surface area (Å²) in [7, 11) is 0. The number of rotatable bonds is 6. The number of ether oxygens (including phenoxy) is 2. The summed E-state index contributed by atoms with van der Waals surface area (Å²) in [6.45, 7) is 6.42. The Bertz CT molecular complexity index is 155. The monoisotopic (exact) mass is 216 g/mol. The molecule has 1 aliphatic heterocycles. The van der Waals surface area contributed by atoms with E-state index in [0.717, 1.165) is 38.9 Å². The van der Waals surface area contributed by atoms with E-state index in [1.54, 1.807) is 0 Å². The van der Waals surface area contributed by atoms with E-state index in [1.807, 2.05) is 6.92 Å². The summed E-state index contributed by atoms with van der Waals surface area (Å²) in [5.74, 6) is 0.614. The maximum absolute atomic E-state index is 10.0. The van der Waals surface area contributed by atoms with Crippen molar-refractivity contribution in [3.63, 3.8) is 0 Å². The van der Waals surface area contributed by atoms with Gasteiger partial charge in [-0.25, -0.2) is 0 Å². The second-order valence-corrected chi connectivity index (χ2v) is 4.26. The molecule has 2 unspecified atom stereocenters. The van der Waals surface area contributed by atoms with Gasteiger partial charge in [0, 0.05) is 19.8 Å². The van der Waals surface area contributed by atoms with Crippen LogP contribution in [-0.2, 0) is 9.47 Å². The molecule has 3 nitrogen and oxygen atoms in total. The smallest absolute Gasteiger partial charge is 0.0831 e. The van der Waals surface area contributed by atoms with Gasteiger partial charge in [0.1, 0.15) is 0 Å². The Balaban J connectivity index is 2.27. The van der Waals surface area contributed by atoms with Gasteiger partial charge in [0.05, 0.1) is 12.2 Å². The zero-order valence-corrected chi connectivity index (χ0v) is 9.95. The van der Waals surface area contributed by atoms with Gasteiger partial charge in [-0.3, -0.25) is 0 Å². The molecule has 0 spiro atoms. The number of hydrogen-bond donors (Lipinski definition) is 1. The predicted octanol–water partition coefficient (Wildman–Crippen LogP) is 1.98. The molecular formula is C12H24O3. The minimum atomic E-state index is -0.307. The average molecular weight is 216 g/mol. The maximum atomic E-state index is 10.0. The predicted molar refractivity (Wildman–Crippen MR) is 59.9 cm³/mol. The molecule has 1 saturated heterocycles. The quantitative estimate of drug-likeness (QED) is 0.738. The van der Waals surface area contributed by atoms with Crippen molar-refractivity contribution in [1.82, 2.24) is 0 Å². The molecule has 1 N–H and O–H groups in total. The Morgan fingerprint density at radius 1 is 1.33 bits per heavy atom. The standard InChI is InChI=1S/C12H24O3/c1-3-12(15-4-2)11(13)9-10-5-7-14-8-6-10/h10-13H,3-9H2,1-2H3. The van der Waals surface area contributed by atoms with E-state index >= 15 is 0 Å². The lowest BCUT2D eigenvalue weighted by Crippen LogP contribution is -2.32. The molecular weight excluding hydrogens is 192 g/mol. The number of aliphatic hydroxyl groups is 1. The summed E-state index contributed by atoms with van der Waals surface area (Å²) in [4.78, 5) is 0. The Hall–Kier alpha value is -0.120. The summed E-state index contributed by atoms with van der Waals surface area (Å²) in [6, 6.07) is 0. The van der Waals surface area contributed by atoms with Crippen LogP contribution in [0.1, 0.15) is 39.5 Å². The van der Waals surface area contributed by atoms with E-state index in [4.69, 9.17) is 9.47 Å². The van der Waals surface area contributed by atoms with Crippen molar-refractivity contribution in [2.24, 2.45) is 5.92 Å². The van der Waals surface area contributed by atoms with Crippen molar-refractivity contribution in [1.29, 1.82) is 0 Å². The van der Waals surface area contributed by atoms with Gasteiger partial charge in [-0.15, -0.1) is 0 Å². The maximum Gasteiger partial charge on any atom is 0.0831 e.